The fraction of sp³-hybridized carbons (Fsp3) is 0.385. The zero-order valence-electron chi connectivity index (χ0n) is 10.5. The number of hydrogen-bond donors (Lipinski definition) is 3. The second-order valence-electron chi connectivity index (χ2n) is 4.86. The molecule has 1 saturated heterocycles. The Kier molecular flexibility index (Phi) is 2.87. The molecule has 2 aromatic rings. The highest BCUT2D eigenvalue weighted by molar-refractivity contribution is 5.94. The van der Waals surface area contributed by atoms with E-state index in [2.05, 4.69) is 10.3 Å². The summed E-state index contributed by atoms with van der Waals surface area (Å²) in [6, 6.07) is 3.44. The number of carboxylic acid groups (broad SMARTS) is 1. The van der Waals surface area contributed by atoms with Crippen molar-refractivity contribution in [1.82, 2.24) is 14.7 Å². The van der Waals surface area contributed by atoms with Gasteiger partial charge in [-0.25, -0.2) is 9.78 Å². The van der Waals surface area contributed by atoms with E-state index in [-0.39, 0.29) is 5.69 Å². The fourth-order valence-corrected chi connectivity index (χ4v) is 2.65. The van der Waals surface area contributed by atoms with E-state index in [4.69, 9.17) is 5.73 Å². The summed E-state index contributed by atoms with van der Waals surface area (Å²) < 4.78 is 1.86. The van der Waals surface area contributed by atoms with Crippen LogP contribution in [-0.4, -0.2) is 33.6 Å². The fourth-order valence-electron chi connectivity index (χ4n) is 2.65. The van der Waals surface area contributed by atoms with Crippen LogP contribution in [0.25, 0.3) is 5.52 Å². The number of hydrogen-bond acceptors (Lipinski definition) is 4. The van der Waals surface area contributed by atoms with E-state index in [0.717, 1.165) is 31.8 Å². The number of imidazole rings is 1. The molecule has 0 saturated carbocycles. The van der Waals surface area contributed by atoms with E-state index in [1.165, 1.54) is 0 Å². The molecule has 1 aliphatic heterocycles. The molecule has 4 N–H and O–H groups in total. The molecule has 0 bridgehead atoms. The van der Waals surface area contributed by atoms with Gasteiger partial charge in [0, 0.05) is 17.8 Å². The Morgan fingerprint density at radius 1 is 1.47 bits per heavy atom. The summed E-state index contributed by atoms with van der Waals surface area (Å²) >= 11 is 0. The molecule has 6 heteroatoms. The van der Waals surface area contributed by atoms with Crippen LogP contribution in [-0.2, 0) is 0 Å². The minimum absolute atomic E-state index is 0.0841. The highest BCUT2D eigenvalue weighted by atomic mass is 16.4. The van der Waals surface area contributed by atoms with Gasteiger partial charge in [-0.1, -0.05) is 0 Å². The highest BCUT2D eigenvalue weighted by Gasteiger charge is 2.24. The van der Waals surface area contributed by atoms with Crippen molar-refractivity contribution in [2.75, 3.05) is 18.8 Å². The van der Waals surface area contributed by atoms with Crippen molar-refractivity contribution in [3.05, 3.63) is 29.8 Å². The zero-order chi connectivity index (χ0) is 13.4. The summed E-state index contributed by atoms with van der Waals surface area (Å²) in [4.78, 5) is 15.6. The van der Waals surface area contributed by atoms with Crippen molar-refractivity contribution in [1.29, 1.82) is 0 Å². The molecule has 0 amide bonds. The van der Waals surface area contributed by atoms with Gasteiger partial charge in [0.1, 0.15) is 5.82 Å². The van der Waals surface area contributed by atoms with Crippen molar-refractivity contribution in [3.63, 3.8) is 0 Å². The first-order valence-corrected chi connectivity index (χ1v) is 6.38. The van der Waals surface area contributed by atoms with Crippen LogP contribution in [0.15, 0.2) is 18.3 Å². The summed E-state index contributed by atoms with van der Waals surface area (Å²) in [6.45, 7) is 1.88. The molecule has 2 aromatic heterocycles. The molecule has 3 heterocycles. The first-order chi connectivity index (χ1) is 9.16. The van der Waals surface area contributed by atoms with Gasteiger partial charge < -0.3 is 20.6 Å². The van der Waals surface area contributed by atoms with Gasteiger partial charge in [-0.2, -0.15) is 0 Å². The van der Waals surface area contributed by atoms with Crippen LogP contribution in [0.1, 0.15) is 35.1 Å². The SMILES string of the molecule is Nc1ccn2c(C3CCNCC3)nc(C(=O)O)c2c1. The van der Waals surface area contributed by atoms with Gasteiger partial charge in [0.15, 0.2) is 5.69 Å². The lowest BCUT2D eigenvalue weighted by molar-refractivity contribution is 0.0693. The van der Waals surface area contributed by atoms with Crippen LogP contribution >= 0.6 is 0 Å². The summed E-state index contributed by atoms with van der Waals surface area (Å²) in [5.41, 5.74) is 6.94. The van der Waals surface area contributed by atoms with Gasteiger partial charge in [-0.3, -0.25) is 0 Å². The molecule has 0 atom stereocenters. The minimum Gasteiger partial charge on any atom is -0.476 e. The van der Waals surface area contributed by atoms with E-state index in [1.54, 1.807) is 12.1 Å². The van der Waals surface area contributed by atoms with E-state index in [0.29, 0.717) is 17.1 Å². The predicted molar refractivity (Wildman–Crippen MR) is 71.4 cm³/mol. The Hall–Kier alpha value is -2.08. The Bertz CT molecular complexity index is 629. The van der Waals surface area contributed by atoms with E-state index in [1.807, 2.05) is 10.6 Å². The van der Waals surface area contributed by atoms with Crippen LogP contribution in [0.3, 0.4) is 0 Å². The number of nitrogen functional groups attached to an aromatic ring is 1. The number of anilines is 1. The third kappa shape index (κ3) is 2.04. The molecular formula is C13H16N4O2. The molecule has 6 nitrogen and oxygen atoms in total. The number of nitrogens with one attached hydrogen (secondary N) is 1. The molecule has 1 fully saturated rings. The molecule has 3 rings (SSSR count). The highest BCUT2D eigenvalue weighted by Crippen LogP contribution is 2.27. The standard InChI is InChI=1S/C13H16N4O2/c14-9-3-6-17-10(7-9)11(13(18)19)16-12(17)8-1-4-15-5-2-8/h3,6-8,15H,1-2,4-5,14H2,(H,18,19). The third-order valence-electron chi connectivity index (χ3n) is 3.60. The number of fused-ring (bicyclic) bond motifs is 1. The first kappa shape index (κ1) is 12.0. The van der Waals surface area contributed by atoms with Crippen molar-refractivity contribution in [2.24, 2.45) is 0 Å². The Balaban J connectivity index is 2.16. The molecule has 0 aromatic carbocycles. The quantitative estimate of drug-likeness (QED) is 0.751. The molecule has 0 radical (unpaired) electrons. The Morgan fingerprint density at radius 3 is 2.89 bits per heavy atom. The molecule has 19 heavy (non-hydrogen) atoms. The largest absolute Gasteiger partial charge is 0.476 e. The number of carbonyl (C=O) groups is 1. The third-order valence-corrected chi connectivity index (χ3v) is 3.60. The maximum absolute atomic E-state index is 11.3. The lowest BCUT2D eigenvalue weighted by Crippen LogP contribution is -2.27. The Morgan fingerprint density at radius 2 is 2.21 bits per heavy atom. The van der Waals surface area contributed by atoms with Crippen LogP contribution in [0.5, 0.6) is 0 Å². The first-order valence-electron chi connectivity index (χ1n) is 6.38. The van der Waals surface area contributed by atoms with E-state index >= 15 is 0 Å². The predicted octanol–water partition coefficient (Wildman–Crippen LogP) is 1.08. The van der Waals surface area contributed by atoms with Gasteiger partial charge in [-0.15, -0.1) is 0 Å². The number of nitrogens with two attached hydrogens (primary N) is 1. The van der Waals surface area contributed by atoms with Gasteiger partial charge >= 0.3 is 5.97 Å². The molecule has 0 unspecified atom stereocenters. The lowest BCUT2D eigenvalue weighted by Gasteiger charge is -2.21. The van der Waals surface area contributed by atoms with Gasteiger partial charge in [0.2, 0.25) is 0 Å². The summed E-state index contributed by atoms with van der Waals surface area (Å²) in [7, 11) is 0. The topological polar surface area (TPSA) is 92.7 Å². The number of pyridine rings is 1. The number of rotatable bonds is 2. The van der Waals surface area contributed by atoms with E-state index in [9.17, 15) is 9.90 Å². The monoisotopic (exact) mass is 260 g/mol. The number of nitrogens with zero attached hydrogens (tertiary/aromatic N) is 2. The van der Waals surface area contributed by atoms with Crippen LogP contribution < -0.4 is 11.1 Å². The second kappa shape index (κ2) is 4.55. The molecular weight excluding hydrogens is 244 g/mol. The van der Waals surface area contributed by atoms with Gasteiger partial charge in [0.05, 0.1) is 5.52 Å². The Labute approximate surface area is 110 Å². The molecule has 100 valence electrons. The number of aromatic carboxylic acids is 1. The summed E-state index contributed by atoms with van der Waals surface area (Å²) in [5.74, 6) is 0.114. The average molecular weight is 260 g/mol. The smallest absolute Gasteiger partial charge is 0.356 e. The maximum Gasteiger partial charge on any atom is 0.356 e. The minimum atomic E-state index is -1.01. The number of piperidine rings is 1. The number of aromatic nitrogens is 2. The molecule has 0 aliphatic carbocycles. The van der Waals surface area contributed by atoms with Crippen molar-refractivity contribution >= 4 is 17.2 Å². The lowest BCUT2D eigenvalue weighted by atomic mass is 9.97. The normalized spacial score (nSPS) is 16.8. The van der Waals surface area contributed by atoms with Gasteiger partial charge in [0.25, 0.3) is 0 Å². The maximum atomic E-state index is 11.3. The van der Waals surface area contributed by atoms with Crippen molar-refractivity contribution in [3.8, 4) is 0 Å². The van der Waals surface area contributed by atoms with Crippen LogP contribution in [0, 0.1) is 0 Å². The van der Waals surface area contributed by atoms with Crippen molar-refractivity contribution in [2.45, 2.75) is 18.8 Å². The van der Waals surface area contributed by atoms with Gasteiger partial charge in [-0.05, 0) is 38.1 Å². The average Bonchev–Trinajstić information content (AvgIpc) is 2.78. The van der Waals surface area contributed by atoms with Crippen LogP contribution in [0.4, 0.5) is 5.69 Å². The van der Waals surface area contributed by atoms with Crippen LogP contribution in [0.2, 0.25) is 0 Å². The molecule has 1 aliphatic rings. The zero-order valence-corrected chi connectivity index (χ0v) is 10.5. The second-order valence-corrected chi connectivity index (χ2v) is 4.86. The van der Waals surface area contributed by atoms with E-state index < -0.39 is 5.97 Å². The molecule has 0 spiro atoms. The summed E-state index contributed by atoms with van der Waals surface area (Å²) in [6.07, 6.45) is 3.76. The summed E-state index contributed by atoms with van der Waals surface area (Å²) in [5, 5.41) is 12.6. The number of carboxylic acids is 1. The van der Waals surface area contributed by atoms with Crippen molar-refractivity contribution < 1.29 is 9.90 Å².